The average Bonchev–Trinajstić information content (AvgIpc) is 2.31. The fourth-order valence-electron chi connectivity index (χ4n) is 1.28. The van der Waals surface area contributed by atoms with Gasteiger partial charge < -0.3 is 9.47 Å². The summed E-state index contributed by atoms with van der Waals surface area (Å²) in [6.07, 6.45) is 0.0389. The Kier molecular flexibility index (Phi) is 4.32. The minimum Gasteiger partial charge on any atom is -0.495 e. The first-order valence-electron chi connectivity index (χ1n) is 4.46. The number of methoxy groups -OCH3 is 2. The topological polar surface area (TPSA) is 59.3 Å². The zero-order valence-corrected chi connectivity index (χ0v) is 10.5. The van der Waals surface area contributed by atoms with Gasteiger partial charge in [-0.3, -0.25) is 4.79 Å². The molecule has 4 nitrogen and oxygen atoms in total. The number of halogens is 1. The molecule has 1 aromatic carbocycles. The Bertz CT molecular complexity index is 451. The van der Waals surface area contributed by atoms with Gasteiger partial charge in [-0.15, -0.1) is 0 Å². The first-order chi connectivity index (χ1) is 7.63. The van der Waals surface area contributed by atoms with E-state index in [4.69, 9.17) is 10.00 Å². The van der Waals surface area contributed by atoms with Gasteiger partial charge in [0.2, 0.25) is 0 Å². The summed E-state index contributed by atoms with van der Waals surface area (Å²) in [6, 6.07) is 5.43. The highest BCUT2D eigenvalue weighted by atomic mass is 79.9. The number of carbonyl (C=O) groups excluding carboxylic acids is 1. The van der Waals surface area contributed by atoms with Crippen molar-refractivity contribution in [2.24, 2.45) is 0 Å². The van der Waals surface area contributed by atoms with Crippen molar-refractivity contribution < 1.29 is 14.3 Å². The number of nitrogens with zero attached hydrogens (tertiary/aromatic N) is 1. The Morgan fingerprint density at radius 1 is 1.50 bits per heavy atom. The molecule has 0 saturated heterocycles. The van der Waals surface area contributed by atoms with Crippen LogP contribution >= 0.6 is 15.9 Å². The van der Waals surface area contributed by atoms with Gasteiger partial charge in [0.25, 0.3) is 0 Å². The van der Waals surface area contributed by atoms with Gasteiger partial charge >= 0.3 is 5.97 Å². The summed E-state index contributed by atoms with van der Waals surface area (Å²) in [4.78, 5) is 11.2. The van der Waals surface area contributed by atoms with Crippen LogP contribution in [0, 0.1) is 11.3 Å². The summed E-state index contributed by atoms with van der Waals surface area (Å²) in [5.74, 6) is 0.0510. The fourth-order valence-corrected chi connectivity index (χ4v) is 1.75. The molecule has 0 fully saturated rings. The molecule has 0 N–H and O–H groups in total. The summed E-state index contributed by atoms with van der Waals surface area (Å²) in [6.45, 7) is 0. The van der Waals surface area contributed by atoms with Crippen LogP contribution in [0.1, 0.15) is 11.1 Å². The number of rotatable bonds is 3. The molecule has 0 heterocycles. The number of esters is 1. The molecule has 16 heavy (non-hydrogen) atoms. The lowest BCUT2D eigenvalue weighted by molar-refractivity contribution is -0.139. The van der Waals surface area contributed by atoms with Crippen LogP contribution in [-0.4, -0.2) is 20.2 Å². The van der Waals surface area contributed by atoms with Crippen LogP contribution in [0.25, 0.3) is 0 Å². The van der Waals surface area contributed by atoms with Gasteiger partial charge in [0.1, 0.15) is 11.8 Å². The van der Waals surface area contributed by atoms with Crippen molar-refractivity contribution in [3.8, 4) is 11.8 Å². The van der Waals surface area contributed by atoms with Crippen LogP contribution in [0.4, 0.5) is 0 Å². The number of benzene rings is 1. The SMILES string of the molecule is COC(=O)Cc1c(Br)ccc(OC)c1C#N. The molecule has 1 rings (SSSR count). The third kappa shape index (κ3) is 2.52. The maximum absolute atomic E-state index is 11.2. The third-order valence-electron chi connectivity index (χ3n) is 2.10. The van der Waals surface area contributed by atoms with E-state index in [-0.39, 0.29) is 6.42 Å². The number of ether oxygens (including phenoxy) is 2. The lowest BCUT2D eigenvalue weighted by atomic mass is 10.0. The maximum Gasteiger partial charge on any atom is 0.310 e. The van der Waals surface area contributed by atoms with Gasteiger partial charge in [-0.25, -0.2) is 0 Å². The zero-order valence-electron chi connectivity index (χ0n) is 8.91. The number of carbonyl (C=O) groups is 1. The third-order valence-corrected chi connectivity index (χ3v) is 2.84. The van der Waals surface area contributed by atoms with E-state index in [1.54, 1.807) is 12.1 Å². The van der Waals surface area contributed by atoms with E-state index in [9.17, 15) is 4.79 Å². The van der Waals surface area contributed by atoms with Crippen LogP contribution in [0.15, 0.2) is 16.6 Å². The predicted octanol–water partition coefficient (Wildman–Crippen LogP) is 2.04. The predicted molar refractivity (Wildman–Crippen MR) is 61.1 cm³/mol. The van der Waals surface area contributed by atoms with E-state index in [0.717, 1.165) is 0 Å². The fraction of sp³-hybridized carbons (Fsp3) is 0.273. The molecule has 1 aromatic rings. The zero-order chi connectivity index (χ0) is 12.1. The van der Waals surface area contributed by atoms with Crippen LogP contribution in [-0.2, 0) is 16.0 Å². The normalized spacial score (nSPS) is 9.38. The summed E-state index contributed by atoms with van der Waals surface area (Å²) < 4.78 is 10.3. The number of hydrogen-bond donors (Lipinski definition) is 0. The lowest BCUT2D eigenvalue weighted by Crippen LogP contribution is -2.07. The number of hydrogen-bond acceptors (Lipinski definition) is 4. The minimum atomic E-state index is -0.398. The average molecular weight is 284 g/mol. The van der Waals surface area contributed by atoms with E-state index < -0.39 is 5.97 Å². The highest BCUT2D eigenvalue weighted by Gasteiger charge is 2.15. The molecule has 5 heteroatoms. The summed E-state index contributed by atoms with van der Waals surface area (Å²) in [5, 5.41) is 9.04. The van der Waals surface area contributed by atoms with E-state index >= 15 is 0 Å². The van der Waals surface area contributed by atoms with Crippen LogP contribution in [0.5, 0.6) is 5.75 Å². The molecule has 0 aliphatic heterocycles. The Morgan fingerprint density at radius 2 is 2.19 bits per heavy atom. The molecule has 0 atom stereocenters. The highest BCUT2D eigenvalue weighted by molar-refractivity contribution is 9.10. The van der Waals surface area contributed by atoms with Gasteiger partial charge in [-0.05, 0) is 17.7 Å². The Morgan fingerprint density at radius 3 is 2.69 bits per heavy atom. The number of nitriles is 1. The first kappa shape index (κ1) is 12.5. The molecular weight excluding hydrogens is 274 g/mol. The molecule has 84 valence electrons. The van der Waals surface area contributed by atoms with Crippen molar-refractivity contribution in [2.45, 2.75) is 6.42 Å². The van der Waals surface area contributed by atoms with Gasteiger partial charge in [-0.2, -0.15) is 5.26 Å². The Balaban J connectivity index is 3.25. The largest absolute Gasteiger partial charge is 0.495 e. The second-order valence-electron chi connectivity index (χ2n) is 2.97. The van der Waals surface area contributed by atoms with Crippen molar-refractivity contribution in [3.63, 3.8) is 0 Å². The molecule has 0 aliphatic carbocycles. The molecule has 0 bridgehead atoms. The van der Waals surface area contributed by atoms with Gasteiger partial charge in [0, 0.05) is 4.47 Å². The summed E-state index contributed by atoms with van der Waals surface area (Å²) >= 11 is 3.29. The van der Waals surface area contributed by atoms with Gasteiger partial charge in [0.05, 0.1) is 26.2 Å². The quantitative estimate of drug-likeness (QED) is 0.797. The molecule has 0 amide bonds. The molecule has 0 unspecified atom stereocenters. The standard InChI is InChI=1S/C11H10BrNO3/c1-15-10-4-3-9(12)7(8(10)6-13)5-11(14)16-2/h3-4H,5H2,1-2H3. The van der Waals surface area contributed by atoms with Crippen molar-refractivity contribution in [1.82, 2.24) is 0 Å². The van der Waals surface area contributed by atoms with Crippen molar-refractivity contribution in [1.29, 1.82) is 5.26 Å². The van der Waals surface area contributed by atoms with Crippen molar-refractivity contribution in [3.05, 3.63) is 27.7 Å². The van der Waals surface area contributed by atoms with Crippen LogP contribution in [0.3, 0.4) is 0 Å². The molecule has 0 spiro atoms. The Hall–Kier alpha value is -1.54. The molecule has 0 aliphatic rings. The lowest BCUT2D eigenvalue weighted by Gasteiger charge is -2.09. The molecular formula is C11H10BrNO3. The van der Waals surface area contributed by atoms with Gasteiger partial charge in [0.15, 0.2) is 0 Å². The van der Waals surface area contributed by atoms with Crippen molar-refractivity contribution in [2.75, 3.05) is 14.2 Å². The van der Waals surface area contributed by atoms with E-state index in [2.05, 4.69) is 20.7 Å². The van der Waals surface area contributed by atoms with Crippen molar-refractivity contribution >= 4 is 21.9 Å². The molecule has 0 radical (unpaired) electrons. The van der Waals surface area contributed by atoms with Gasteiger partial charge in [-0.1, -0.05) is 15.9 Å². The maximum atomic E-state index is 11.2. The minimum absolute atomic E-state index is 0.0389. The van der Waals surface area contributed by atoms with Crippen LogP contribution in [0.2, 0.25) is 0 Å². The summed E-state index contributed by atoms with van der Waals surface area (Å²) in [5.41, 5.74) is 0.927. The second-order valence-corrected chi connectivity index (χ2v) is 3.82. The monoisotopic (exact) mass is 283 g/mol. The second kappa shape index (κ2) is 5.52. The smallest absolute Gasteiger partial charge is 0.310 e. The van der Waals surface area contributed by atoms with E-state index in [1.165, 1.54) is 14.2 Å². The molecule has 0 saturated carbocycles. The van der Waals surface area contributed by atoms with Crippen LogP contribution < -0.4 is 4.74 Å². The Labute approximate surface area is 102 Å². The van der Waals surface area contributed by atoms with E-state index in [0.29, 0.717) is 21.3 Å². The summed E-state index contributed by atoms with van der Waals surface area (Å²) in [7, 11) is 2.79. The molecule has 0 aromatic heterocycles. The highest BCUT2D eigenvalue weighted by Crippen LogP contribution is 2.28. The first-order valence-corrected chi connectivity index (χ1v) is 5.25. The van der Waals surface area contributed by atoms with E-state index in [1.807, 2.05) is 6.07 Å².